The quantitative estimate of drug-likeness (QED) is 0.629. The molecular weight excluding hydrogens is 355 g/mol. The van der Waals surface area contributed by atoms with Gasteiger partial charge in [0, 0.05) is 11.6 Å². The highest BCUT2D eigenvalue weighted by atomic mass is 35.5. The molecule has 0 aromatic heterocycles. The third-order valence-corrected chi connectivity index (χ3v) is 5.15. The van der Waals surface area contributed by atoms with Crippen molar-refractivity contribution in [2.45, 2.75) is 11.4 Å². The first-order chi connectivity index (χ1) is 11.1. The third kappa shape index (κ3) is 3.75. The van der Waals surface area contributed by atoms with Crippen LogP contribution in [0, 0.1) is 0 Å². The zero-order valence-electron chi connectivity index (χ0n) is 12.3. The lowest BCUT2D eigenvalue weighted by atomic mass is 10.1. The fourth-order valence-corrected chi connectivity index (χ4v) is 3.90. The van der Waals surface area contributed by atoms with Crippen molar-refractivity contribution in [3.8, 4) is 0 Å². The number of ether oxygens (including phenoxy) is 1. The van der Waals surface area contributed by atoms with Gasteiger partial charge < -0.3 is 10.1 Å². The number of halogens is 2. The average molecular weight is 369 g/mol. The summed E-state index contributed by atoms with van der Waals surface area (Å²) in [7, 11) is 1.38. The molecule has 3 rings (SSSR count). The number of fused-ring (bicyclic) bond motifs is 1. The summed E-state index contributed by atoms with van der Waals surface area (Å²) >= 11 is 13.9. The molecule has 1 aliphatic heterocycles. The van der Waals surface area contributed by atoms with Crippen LogP contribution in [0.3, 0.4) is 0 Å². The summed E-state index contributed by atoms with van der Waals surface area (Å²) in [5, 5.41) is 4.54. The highest BCUT2D eigenvalue weighted by Gasteiger charge is 2.20. The molecule has 120 valence electrons. The minimum atomic E-state index is -0.334. The highest BCUT2D eigenvalue weighted by Crippen LogP contribution is 2.41. The minimum absolute atomic E-state index is 0.334. The van der Waals surface area contributed by atoms with Crippen LogP contribution in [0.15, 0.2) is 41.3 Å². The molecule has 0 amide bonds. The molecule has 1 aliphatic rings. The van der Waals surface area contributed by atoms with Crippen molar-refractivity contribution >= 4 is 46.8 Å². The second kappa shape index (κ2) is 7.01. The van der Waals surface area contributed by atoms with E-state index in [0.717, 1.165) is 16.1 Å². The van der Waals surface area contributed by atoms with Gasteiger partial charge in [0.2, 0.25) is 0 Å². The molecule has 7 heteroatoms. The van der Waals surface area contributed by atoms with Crippen molar-refractivity contribution in [2.24, 2.45) is 0 Å². The number of carbonyl (C=O) groups is 1. The maximum absolute atomic E-state index is 11.6. The Labute approximate surface area is 148 Å². The lowest BCUT2D eigenvalue weighted by molar-refractivity contribution is 0.0600. The van der Waals surface area contributed by atoms with Gasteiger partial charge in [0.15, 0.2) is 0 Å². The Kier molecular flexibility index (Phi) is 5.02. The van der Waals surface area contributed by atoms with Gasteiger partial charge in [-0.2, -0.15) is 0 Å². The van der Waals surface area contributed by atoms with E-state index in [-0.39, 0.29) is 5.97 Å². The van der Waals surface area contributed by atoms with Crippen molar-refractivity contribution in [3.63, 3.8) is 0 Å². The van der Waals surface area contributed by atoms with E-state index in [1.807, 2.05) is 24.3 Å². The molecule has 2 aromatic carbocycles. The van der Waals surface area contributed by atoms with Crippen molar-refractivity contribution in [1.29, 1.82) is 0 Å². The van der Waals surface area contributed by atoms with Crippen LogP contribution in [-0.4, -0.2) is 24.1 Å². The molecule has 4 nitrogen and oxygen atoms in total. The monoisotopic (exact) mass is 368 g/mol. The van der Waals surface area contributed by atoms with E-state index in [9.17, 15) is 4.79 Å². The topological polar surface area (TPSA) is 41.6 Å². The first-order valence-electron chi connectivity index (χ1n) is 6.90. The van der Waals surface area contributed by atoms with Gasteiger partial charge in [-0.05, 0) is 41.8 Å². The number of nitrogens with one attached hydrogen (secondary N) is 1. The molecular formula is C16H14Cl2N2O2S. The van der Waals surface area contributed by atoms with Gasteiger partial charge >= 0.3 is 5.97 Å². The van der Waals surface area contributed by atoms with Gasteiger partial charge in [-0.25, -0.2) is 9.10 Å². The second-order valence-corrected chi connectivity index (χ2v) is 6.97. The van der Waals surface area contributed by atoms with E-state index in [0.29, 0.717) is 28.8 Å². The Balaban J connectivity index is 1.76. The molecule has 0 saturated carbocycles. The minimum Gasteiger partial charge on any atom is -0.465 e. The Morgan fingerprint density at radius 2 is 2.17 bits per heavy atom. The summed E-state index contributed by atoms with van der Waals surface area (Å²) in [6.07, 6.45) is 0. The molecule has 0 fully saturated rings. The van der Waals surface area contributed by atoms with Crippen LogP contribution in [0.5, 0.6) is 0 Å². The van der Waals surface area contributed by atoms with Gasteiger partial charge in [0.05, 0.1) is 34.9 Å². The Morgan fingerprint density at radius 1 is 1.35 bits per heavy atom. The molecule has 2 aromatic rings. The van der Waals surface area contributed by atoms with Gasteiger partial charge in [0.25, 0.3) is 0 Å². The van der Waals surface area contributed by atoms with Gasteiger partial charge in [-0.3, -0.25) is 0 Å². The summed E-state index contributed by atoms with van der Waals surface area (Å²) in [4.78, 5) is 12.6. The molecule has 0 unspecified atom stereocenters. The summed E-state index contributed by atoms with van der Waals surface area (Å²) in [5.41, 5.74) is 2.51. The molecule has 0 spiro atoms. The lowest BCUT2D eigenvalue weighted by Crippen LogP contribution is -2.26. The Hall–Kier alpha value is -1.40. The summed E-state index contributed by atoms with van der Waals surface area (Å²) < 4.78 is 6.88. The second-order valence-electron chi connectivity index (χ2n) is 5.02. The Bertz CT molecular complexity index is 755. The number of methoxy groups -OCH3 is 1. The maximum Gasteiger partial charge on any atom is 0.337 e. The molecule has 1 N–H and O–H groups in total. The SMILES string of the molecule is COC(=O)c1cccc(CN2CNc3cc(Cl)cc(Cl)c3S2)c1. The predicted molar refractivity (Wildman–Crippen MR) is 94.1 cm³/mol. The van der Waals surface area contributed by atoms with E-state index in [1.54, 1.807) is 24.1 Å². The number of benzene rings is 2. The van der Waals surface area contributed by atoms with Crippen LogP contribution in [0.4, 0.5) is 5.69 Å². The van der Waals surface area contributed by atoms with Crippen LogP contribution in [0.2, 0.25) is 10.0 Å². The van der Waals surface area contributed by atoms with Gasteiger partial charge in [-0.15, -0.1) is 0 Å². The maximum atomic E-state index is 11.6. The highest BCUT2D eigenvalue weighted by molar-refractivity contribution is 7.97. The Morgan fingerprint density at radius 3 is 2.96 bits per heavy atom. The molecule has 23 heavy (non-hydrogen) atoms. The van der Waals surface area contributed by atoms with Crippen LogP contribution in [-0.2, 0) is 11.3 Å². The largest absolute Gasteiger partial charge is 0.465 e. The first-order valence-corrected chi connectivity index (χ1v) is 8.43. The number of rotatable bonds is 3. The fraction of sp³-hybridized carbons (Fsp3) is 0.188. The third-order valence-electron chi connectivity index (χ3n) is 3.38. The zero-order valence-corrected chi connectivity index (χ0v) is 14.6. The number of esters is 1. The molecule has 1 heterocycles. The van der Waals surface area contributed by atoms with Crippen molar-refractivity contribution in [1.82, 2.24) is 4.31 Å². The molecule has 0 atom stereocenters. The van der Waals surface area contributed by atoms with Crippen LogP contribution in [0.1, 0.15) is 15.9 Å². The fourth-order valence-electron chi connectivity index (χ4n) is 2.33. The number of anilines is 1. The normalized spacial score (nSPS) is 14.0. The molecule has 0 saturated heterocycles. The molecule has 0 aliphatic carbocycles. The average Bonchev–Trinajstić information content (AvgIpc) is 2.55. The standard InChI is InChI=1S/C16H14Cl2N2O2S/c1-22-16(21)11-4-2-3-10(5-11)8-20-9-19-14-7-12(17)6-13(18)15(14)23-20/h2-7,19H,8-9H2,1H3. The number of hydrogen-bond donors (Lipinski definition) is 1. The van der Waals surface area contributed by atoms with Crippen molar-refractivity contribution < 1.29 is 9.53 Å². The lowest BCUT2D eigenvalue weighted by Gasteiger charge is -2.29. The van der Waals surface area contributed by atoms with Crippen molar-refractivity contribution in [3.05, 3.63) is 57.6 Å². The van der Waals surface area contributed by atoms with E-state index in [1.165, 1.54) is 7.11 Å². The van der Waals surface area contributed by atoms with Gasteiger partial charge in [-0.1, -0.05) is 35.3 Å². The van der Waals surface area contributed by atoms with Crippen LogP contribution < -0.4 is 5.32 Å². The van der Waals surface area contributed by atoms with E-state index >= 15 is 0 Å². The summed E-state index contributed by atoms with van der Waals surface area (Å²) in [6, 6.07) is 11.0. The van der Waals surface area contributed by atoms with Crippen molar-refractivity contribution in [2.75, 3.05) is 19.1 Å². The zero-order chi connectivity index (χ0) is 16.4. The number of hydrogen-bond acceptors (Lipinski definition) is 5. The molecule has 0 radical (unpaired) electrons. The summed E-state index contributed by atoms with van der Waals surface area (Å²) in [5.74, 6) is -0.334. The first kappa shape index (κ1) is 16.5. The van der Waals surface area contributed by atoms with Crippen LogP contribution in [0.25, 0.3) is 0 Å². The number of carbonyl (C=O) groups excluding carboxylic acids is 1. The van der Waals surface area contributed by atoms with Gasteiger partial charge in [0.1, 0.15) is 0 Å². The van der Waals surface area contributed by atoms with E-state index in [2.05, 4.69) is 9.62 Å². The van der Waals surface area contributed by atoms with E-state index < -0.39 is 0 Å². The smallest absolute Gasteiger partial charge is 0.337 e. The number of nitrogens with zero attached hydrogens (tertiary/aromatic N) is 1. The van der Waals surface area contributed by atoms with E-state index in [4.69, 9.17) is 27.9 Å². The summed E-state index contributed by atoms with van der Waals surface area (Å²) in [6.45, 7) is 1.32. The molecule has 0 bridgehead atoms. The predicted octanol–water partition coefficient (Wildman–Crippen LogP) is 4.67. The van der Waals surface area contributed by atoms with Crippen LogP contribution >= 0.6 is 35.1 Å².